The van der Waals surface area contributed by atoms with Crippen LogP contribution in [0.15, 0.2) is 23.1 Å². The van der Waals surface area contributed by atoms with Crippen molar-refractivity contribution in [2.24, 2.45) is 0 Å². The van der Waals surface area contributed by atoms with E-state index < -0.39 is 27.9 Å². The van der Waals surface area contributed by atoms with Gasteiger partial charge >= 0.3 is 5.97 Å². The van der Waals surface area contributed by atoms with Gasteiger partial charge in [-0.25, -0.2) is 13.1 Å². The molecule has 1 aromatic carbocycles. The van der Waals surface area contributed by atoms with Crippen molar-refractivity contribution >= 4 is 40.0 Å². The van der Waals surface area contributed by atoms with Crippen molar-refractivity contribution in [3.05, 3.63) is 23.8 Å². The number of anilines is 1. The summed E-state index contributed by atoms with van der Waals surface area (Å²) in [6.45, 7) is 3.33. The van der Waals surface area contributed by atoms with E-state index in [1.807, 2.05) is 6.92 Å². The van der Waals surface area contributed by atoms with Gasteiger partial charge in [-0.05, 0) is 38.1 Å². The van der Waals surface area contributed by atoms with Gasteiger partial charge in [-0.15, -0.1) is 12.4 Å². The summed E-state index contributed by atoms with van der Waals surface area (Å²) in [7, 11) is -2.32. The number of aryl methyl sites for hydroxylation is 1. The van der Waals surface area contributed by atoms with Gasteiger partial charge in [0.1, 0.15) is 6.04 Å². The van der Waals surface area contributed by atoms with Gasteiger partial charge in [0.15, 0.2) is 0 Å². The van der Waals surface area contributed by atoms with Crippen LogP contribution in [0.1, 0.15) is 25.3 Å². The number of benzene rings is 1. The number of carbonyl (C=O) groups is 2. The third kappa shape index (κ3) is 6.99. The van der Waals surface area contributed by atoms with E-state index in [1.165, 1.54) is 13.1 Å². The molecule has 4 N–H and O–H groups in total. The normalized spacial score (nSPS) is 12.1. The summed E-state index contributed by atoms with van der Waals surface area (Å²) >= 11 is 0. The summed E-state index contributed by atoms with van der Waals surface area (Å²) in [6.07, 6.45) is 1.09. The third-order valence-corrected chi connectivity index (χ3v) is 4.97. The quantitative estimate of drug-likeness (QED) is 0.498. The van der Waals surface area contributed by atoms with Crippen LogP contribution in [-0.4, -0.2) is 45.0 Å². The molecule has 1 amide bonds. The van der Waals surface area contributed by atoms with Gasteiger partial charge in [-0.3, -0.25) is 14.9 Å². The minimum Gasteiger partial charge on any atom is -0.480 e. The predicted molar refractivity (Wildman–Crippen MR) is 97.6 cm³/mol. The third-order valence-electron chi connectivity index (χ3n) is 3.41. The number of carboxylic acid groups (broad SMARTS) is 1. The average Bonchev–Trinajstić information content (AvgIpc) is 2.52. The highest BCUT2D eigenvalue weighted by molar-refractivity contribution is 7.89. The van der Waals surface area contributed by atoms with Crippen molar-refractivity contribution in [3.8, 4) is 0 Å². The van der Waals surface area contributed by atoms with Crippen LogP contribution in [0.3, 0.4) is 0 Å². The Morgan fingerprint density at radius 3 is 2.44 bits per heavy atom. The largest absolute Gasteiger partial charge is 0.480 e. The van der Waals surface area contributed by atoms with Gasteiger partial charge in [0.2, 0.25) is 15.9 Å². The lowest BCUT2D eigenvalue weighted by Gasteiger charge is -2.14. The van der Waals surface area contributed by atoms with E-state index in [0.29, 0.717) is 24.1 Å². The number of carbonyl (C=O) groups excluding carboxylic acids is 1. The Labute approximate surface area is 153 Å². The lowest BCUT2D eigenvalue weighted by atomic mass is 10.1. The first-order chi connectivity index (χ1) is 11.2. The summed E-state index contributed by atoms with van der Waals surface area (Å²) in [5, 5.41) is 14.2. The molecule has 142 valence electrons. The lowest BCUT2D eigenvalue weighted by molar-refractivity contribution is -0.139. The Bertz CT molecular complexity index is 709. The molecule has 1 atom stereocenters. The molecule has 0 aliphatic heterocycles. The van der Waals surface area contributed by atoms with Crippen molar-refractivity contribution in [2.75, 3.05) is 18.9 Å². The van der Waals surface area contributed by atoms with Crippen LogP contribution in [0.2, 0.25) is 0 Å². The fraction of sp³-hybridized carbons (Fsp3) is 0.467. The molecule has 0 aromatic heterocycles. The standard InChI is InChI=1S/C15H23N3O5S.ClH/c1-4-5-12(15(20)21)17-9-14(19)18-11-7-6-10(2)13(8-11)24(22,23)16-3;/h6-8,12,16-17H,4-5,9H2,1-3H3,(H,18,19)(H,20,21);1H. The molecular formula is C15H24ClN3O5S. The molecule has 8 nitrogen and oxygen atoms in total. The van der Waals surface area contributed by atoms with Gasteiger partial charge in [0.25, 0.3) is 0 Å². The van der Waals surface area contributed by atoms with Crippen molar-refractivity contribution < 1.29 is 23.1 Å². The monoisotopic (exact) mass is 393 g/mol. The number of aliphatic carboxylic acids is 1. The zero-order chi connectivity index (χ0) is 18.3. The van der Waals surface area contributed by atoms with Crippen LogP contribution < -0.4 is 15.4 Å². The fourth-order valence-corrected chi connectivity index (χ4v) is 3.09. The molecule has 0 spiro atoms. The Kier molecular flexibility index (Phi) is 9.65. The molecule has 0 aliphatic carbocycles. The highest BCUT2D eigenvalue weighted by Crippen LogP contribution is 2.19. The number of hydrogen-bond acceptors (Lipinski definition) is 5. The van der Waals surface area contributed by atoms with Crippen LogP contribution in [-0.2, 0) is 19.6 Å². The second-order valence-electron chi connectivity index (χ2n) is 5.30. The maximum absolute atomic E-state index is 11.9. The van der Waals surface area contributed by atoms with E-state index in [-0.39, 0.29) is 23.8 Å². The topological polar surface area (TPSA) is 125 Å². The lowest BCUT2D eigenvalue weighted by Crippen LogP contribution is -2.41. The molecule has 0 heterocycles. The molecule has 1 aromatic rings. The van der Waals surface area contributed by atoms with Gasteiger partial charge in [0, 0.05) is 5.69 Å². The summed E-state index contributed by atoms with van der Waals surface area (Å²) < 4.78 is 26.1. The molecule has 0 aliphatic rings. The highest BCUT2D eigenvalue weighted by Gasteiger charge is 2.18. The molecule has 1 unspecified atom stereocenters. The van der Waals surface area contributed by atoms with E-state index in [1.54, 1.807) is 19.1 Å². The number of nitrogens with one attached hydrogen (secondary N) is 3. The molecular weight excluding hydrogens is 370 g/mol. The smallest absolute Gasteiger partial charge is 0.320 e. The van der Waals surface area contributed by atoms with E-state index in [2.05, 4.69) is 15.4 Å². The van der Waals surface area contributed by atoms with Crippen molar-refractivity contribution in [1.29, 1.82) is 0 Å². The second-order valence-corrected chi connectivity index (χ2v) is 7.15. The van der Waals surface area contributed by atoms with E-state index in [4.69, 9.17) is 5.11 Å². The molecule has 0 fully saturated rings. The molecule has 10 heteroatoms. The number of halogens is 1. The fourth-order valence-electron chi connectivity index (χ4n) is 2.10. The van der Waals surface area contributed by atoms with Crippen molar-refractivity contribution in [3.63, 3.8) is 0 Å². The zero-order valence-electron chi connectivity index (χ0n) is 14.3. The van der Waals surface area contributed by atoms with Crippen molar-refractivity contribution in [1.82, 2.24) is 10.0 Å². The Morgan fingerprint density at radius 2 is 1.92 bits per heavy atom. The first-order valence-corrected chi connectivity index (χ1v) is 8.99. The zero-order valence-corrected chi connectivity index (χ0v) is 16.0. The number of sulfonamides is 1. The summed E-state index contributed by atoms with van der Waals surface area (Å²) in [5.41, 5.74) is 0.873. The van der Waals surface area contributed by atoms with Gasteiger partial charge in [0.05, 0.1) is 11.4 Å². The van der Waals surface area contributed by atoms with Crippen LogP contribution >= 0.6 is 12.4 Å². The number of rotatable bonds is 9. The van der Waals surface area contributed by atoms with Crippen molar-refractivity contribution in [2.45, 2.75) is 37.6 Å². The van der Waals surface area contributed by atoms with Gasteiger partial charge in [-0.2, -0.15) is 0 Å². The summed E-state index contributed by atoms with van der Waals surface area (Å²) in [5.74, 6) is -1.46. The molecule has 1 rings (SSSR count). The SMILES string of the molecule is CCCC(NCC(=O)Nc1ccc(C)c(S(=O)(=O)NC)c1)C(=O)O.Cl. The Hall–Kier alpha value is -1.68. The maximum atomic E-state index is 11.9. The first-order valence-electron chi connectivity index (χ1n) is 7.51. The molecule has 0 radical (unpaired) electrons. The minimum absolute atomic E-state index is 0. The summed E-state index contributed by atoms with van der Waals surface area (Å²) in [4.78, 5) is 23.0. The molecule has 0 bridgehead atoms. The highest BCUT2D eigenvalue weighted by atomic mass is 35.5. The van der Waals surface area contributed by atoms with Crippen LogP contribution in [0, 0.1) is 6.92 Å². The molecule has 0 saturated heterocycles. The maximum Gasteiger partial charge on any atom is 0.320 e. The van der Waals surface area contributed by atoms with Crippen LogP contribution in [0.4, 0.5) is 5.69 Å². The number of amides is 1. The van der Waals surface area contributed by atoms with E-state index >= 15 is 0 Å². The predicted octanol–water partition coefficient (Wildman–Crippen LogP) is 1.11. The summed E-state index contributed by atoms with van der Waals surface area (Å²) in [6, 6.07) is 3.74. The molecule has 0 saturated carbocycles. The minimum atomic E-state index is -3.63. The first kappa shape index (κ1) is 23.3. The Morgan fingerprint density at radius 1 is 1.28 bits per heavy atom. The average molecular weight is 394 g/mol. The Balaban J connectivity index is 0.00000576. The van der Waals surface area contributed by atoms with Crippen LogP contribution in [0.25, 0.3) is 0 Å². The van der Waals surface area contributed by atoms with Crippen LogP contribution in [0.5, 0.6) is 0 Å². The number of hydrogen-bond donors (Lipinski definition) is 4. The van der Waals surface area contributed by atoms with E-state index in [9.17, 15) is 18.0 Å². The molecule has 25 heavy (non-hydrogen) atoms. The van der Waals surface area contributed by atoms with E-state index in [0.717, 1.165) is 0 Å². The number of carboxylic acids is 1. The second kappa shape index (κ2) is 10.3. The van der Waals surface area contributed by atoms with Gasteiger partial charge < -0.3 is 10.4 Å². The van der Waals surface area contributed by atoms with Gasteiger partial charge in [-0.1, -0.05) is 19.4 Å².